The van der Waals surface area contributed by atoms with Crippen LogP contribution in [-0.4, -0.2) is 42.4 Å². The van der Waals surface area contributed by atoms with Gasteiger partial charge in [0.2, 0.25) is 0 Å². The number of ether oxygens (including phenoxy) is 1. The molecular formula is C22H25N3O3. The van der Waals surface area contributed by atoms with Gasteiger partial charge < -0.3 is 19.9 Å². The second-order valence-electron chi connectivity index (χ2n) is 6.83. The van der Waals surface area contributed by atoms with Crippen molar-refractivity contribution in [1.82, 2.24) is 15.2 Å². The number of amides is 2. The largest absolute Gasteiger partial charge is 0.483 e. The highest BCUT2D eigenvalue weighted by molar-refractivity contribution is 5.98. The number of benzene rings is 2. The van der Waals surface area contributed by atoms with E-state index >= 15 is 0 Å². The second kappa shape index (κ2) is 8.61. The summed E-state index contributed by atoms with van der Waals surface area (Å²) in [5.74, 6) is 0.332. The summed E-state index contributed by atoms with van der Waals surface area (Å²) in [7, 11) is 3.38. The lowest BCUT2D eigenvalue weighted by Gasteiger charge is -2.21. The Morgan fingerprint density at radius 3 is 2.68 bits per heavy atom. The van der Waals surface area contributed by atoms with Gasteiger partial charge in [-0.25, -0.2) is 0 Å². The van der Waals surface area contributed by atoms with Crippen LogP contribution in [0.25, 0.3) is 10.9 Å². The fourth-order valence-corrected chi connectivity index (χ4v) is 3.00. The predicted molar refractivity (Wildman–Crippen MR) is 109 cm³/mol. The summed E-state index contributed by atoms with van der Waals surface area (Å²) in [6, 6.07) is 14.8. The average Bonchev–Trinajstić information content (AvgIpc) is 3.18. The molecule has 0 radical (unpaired) electrons. The number of para-hydroxylation sites is 1. The molecule has 0 unspecified atom stereocenters. The third kappa shape index (κ3) is 4.34. The number of nitrogens with zero attached hydrogens (tertiary/aromatic N) is 1. The van der Waals surface area contributed by atoms with Crippen molar-refractivity contribution in [1.29, 1.82) is 0 Å². The maximum Gasteiger partial charge on any atom is 0.259 e. The zero-order chi connectivity index (χ0) is 20.1. The monoisotopic (exact) mass is 379 g/mol. The third-order valence-corrected chi connectivity index (χ3v) is 4.68. The Morgan fingerprint density at radius 2 is 1.93 bits per heavy atom. The number of aromatic nitrogens is 1. The quantitative estimate of drug-likeness (QED) is 0.660. The van der Waals surface area contributed by atoms with Gasteiger partial charge in [-0.3, -0.25) is 9.59 Å². The summed E-state index contributed by atoms with van der Waals surface area (Å²) in [4.78, 5) is 29.2. The van der Waals surface area contributed by atoms with Crippen molar-refractivity contribution >= 4 is 22.7 Å². The van der Waals surface area contributed by atoms with Crippen LogP contribution in [0.1, 0.15) is 35.3 Å². The number of hydrogen-bond donors (Lipinski definition) is 2. The number of aromatic amines is 1. The maximum absolute atomic E-state index is 12.8. The maximum atomic E-state index is 12.8. The highest BCUT2D eigenvalue weighted by atomic mass is 16.5. The molecule has 6 nitrogen and oxygen atoms in total. The normalized spacial score (nSPS) is 11.8. The van der Waals surface area contributed by atoms with Gasteiger partial charge in [0.1, 0.15) is 5.75 Å². The second-order valence-corrected chi connectivity index (χ2v) is 6.83. The fraction of sp³-hybridized carbons (Fsp3) is 0.273. The first kappa shape index (κ1) is 19.5. The van der Waals surface area contributed by atoms with Crippen LogP contribution < -0.4 is 10.1 Å². The molecule has 0 aliphatic heterocycles. The third-order valence-electron chi connectivity index (χ3n) is 4.68. The molecule has 28 heavy (non-hydrogen) atoms. The van der Waals surface area contributed by atoms with E-state index in [9.17, 15) is 9.59 Å². The minimum Gasteiger partial charge on any atom is -0.483 e. The molecule has 0 saturated heterocycles. The average molecular weight is 379 g/mol. The molecular weight excluding hydrogens is 354 g/mol. The van der Waals surface area contributed by atoms with Crippen molar-refractivity contribution in [3.05, 3.63) is 65.9 Å². The number of likely N-dealkylation sites (N-methyl/N-ethyl adjacent to an activating group) is 1. The van der Waals surface area contributed by atoms with Gasteiger partial charge in [-0.15, -0.1) is 0 Å². The standard InChI is InChI=1S/C22H25N3O3/c1-4-18(17-7-5-6-8-20(17)28-14-21(26)25(2)3)24-22(27)16-10-9-15-11-12-23-19(15)13-16/h5-13,18,23H,4,14H2,1-3H3,(H,24,27)/t18-/m1/s1. The molecule has 3 aromatic rings. The molecule has 0 aliphatic carbocycles. The molecule has 3 rings (SSSR count). The Hall–Kier alpha value is -3.28. The van der Waals surface area contributed by atoms with Crippen LogP contribution in [-0.2, 0) is 4.79 Å². The van der Waals surface area contributed by atoms with Crippen molar-refractivity contribution in [2.45, 2.75) is 19.4 Å². The summed E-state index contributed by atoms with van der Waals surface area (Å²) >= 11 is 0. The van der Waals surface area contributed by atoms with Crippen LogP contribution in [0.3, 0.4) is 0 Å². The smallest absolute Gasteiger partial charge is 0.259 e. The van der Waals surface area contributed by atoms with Gasteiger partial charge in [0.05, 0.1) is 6.04 Å². The van der Waals surface area contributed by atoms with E-state index in [1.165, 1.54) is 4.90 Å². The Labute approximate surface area is 164 Å². The van der Waals surface area contributed by atoms with Crippen molar-refractivity contribution < 1.29 is 14.3 Å². The first-order valence-electron chi connectivity index (χ1n) is 9.29. The van der Waals surface area contributed by atoms with Crippen LogP contribution in [0.4, 0.5) is 0 Å². The zero-order valence-electron chi connectivity index (χ0n) is 16.4. The van der Waals surface area contributed by atoms with E-state index in [4.69, 9.17) is 4.74 Å². The van der Waals surface area contributed by atoms with Crippen molar-refractivity contribution in [3.8, 4) is 5.75 Å². The topological polar surface area (TPSA) is 74.4 Å². The van der Waals surface area contributed by atoms with Gasteiger partial charge in [-0.2, -0.15) is 0 Å². The lowest BCUT2D eigenvalue weighted by Crippen LogP contribution is -2.30. The molecule has 2 N–H and O–H groups in total. The van der Waals surface area contributed by atoms with Gasteiger partial charge in [0.15, 0.2) is 6.61 Å². The number of rotatable bonds is 7. The van der Waals surface area contributed by atoms with Gasteiger partial charge in [0, 0.05) is 36.9 Å². The van der Waals surface area contributed by atoms with Gasteiger partial charge in [-0.1, -0.05) is 31.2 Å². The molecule has 146 valence electrons. The first-order chi connectivity index (χ1) is 13.5. The minimum atomic E-state index is -0.225. The molecule has 2 amide bonds. The summed E-state index contributed by atoms with van der Waals surface area (Å²) < 4.78 is 5.73. The molecule has 1 heterocycles. The predicted octanol–water partition coefficient (Wildman–Crippen LogP) is 3.52. The molecule has 1 aromatic heterocycles. The lowest BCUT2D eigenvalue weighted by atomic mass is 10.0. The molecule has 6 heteroatoms. The summed E-state index contributed by atoms with van der Waals surface area (Å²) in [6.45, 7) is 1.96. The Kier molecular flexibility index (Phi) is 5.99. The Balaban J connectivity index is 1.77. The lowest BCUT2D eigenvalue weighted by molar-refractivity contribution is -0.130. The number of carbonyl (C=O) groups excluding carboxylic acids is 2. The van der Waals surface area contributed by atoms with Crippen LogP contribution in [0, 0.1) is 0 Å². The number of H-pyrrole nitrogens is 1. The Morgan fingerprint density at radius 1 is 1.14 bits per heavy atom. The van der Waals surface area contributed by atoms with E-state index in [0.29, 0.717) is 17.7 Å². The van der Waals surface area contributed by atoms with Gasteiger partial charge >= 0.3 is 0 Å². The van der Waals surface area contributed by atoms with Gasteiger partial charge in [0.25, 0.3) is 11.8 Å². The van der Waals surface area contributed by atoms with E-state index in [0.717, 1.165) is 16.5 Å². The van der Waals surface area contributed by atoms with Crippen LogP contribution >= 0.6 is 0 Å². The molecule has 0 fully saturated rings. The first-order valence-corrected chi connectivity index (χ1v) is 9.29. The molecule has 1 atom stereocenters. The van der Waals surface area contributed by atoms with E-state index < -0.39 is 0 Å². The molecule has 0 spiro atoms. The number of carbonyl (C=O) groups is 2. The SMILES string of the molecule is CC[C@@H](NC(=O)c1ccc2cc[nH]c2c1)c1ccccc1OCC(=O)N(C)C. The van der Waals surface area contributed by atoms with Gasteiger partial charge in [-0.05, 0) is 36.1 Å². The fourth-order valence-electron chi connectivity index (χ4n) is 3.00. The van der Waals surface area contributed by atoms with E-state index in [1.807, 2.05) is 61.7 Å². The zero-order valence-corrected chi connectivity index (χ0v) is 16.4. The van der Waals surface area contributed by atoms with Crippen LogP contribution in [0.5, 0.6) is 5.75 Å². The molecule has 0 saturated carbocycles. The molecule has 0 bridgehead atoms. The highest BCUT2D eigenvalue weighted by Gasteiger charge is 2.19. The van der Waals surface area contributed by atoms with Crippen LogP contribution in [0.2, 0.25) is 0 Å². The molecule has 2 aromatic carbocycles. The number of fused-ring (bicyclic) bond motifs is 1. The van der Waals surface area contributed by atoms with Crippen molar-refractivity contribution in [2.75, 3.05) is 20.7 Å². The van der Waals surface area contributed by atoms with E-state index in [2.05, 4.69) is 10.3 Å². The number of hydrogen-bond acceptors (Lipinski definition) is 3. The van der Waals surface area contributed by atoms with E-state index in [-0.39, 0.29) is 24.5 Å². The summed E-state index contributed by atoms with van der Waals surface area (Å²) in [6.07, 6.45) is 2.54. The van der Waals surface area contributed by atoms with Crippen molar-refractivity contribution in [3.63, 3.8) is 0 Å². The van der Waals surface area contributed by atoms with Crippen LogP contribution in [0.15, 0.2) is 54.7 Å². The number of nitrogens with one attached hydrogen (secondary N) is 2. The summed E-state index contributed by atoms with van der Waals surface area (Å²) in [5, 5.41) is 4.14. The van der Waals surface area contributed by atoms with E-state index in [1.54, 1.807) is 14.1 Å². The van der Waals surface area contributed by atoms with Crippen molar-refractivity contribution in [2.24, 2.45) is 0 Å². The highest BCUT2D eigenvalue weighted by Crippen LogP contribution is 2.28. The summed E-state index contributed by atoms with van der Waals surface area (Å²) in [5.41, 5.74) is 2.37. The Bertz CT molecular complexity index is 978. The molecule has 0 aliphatic rings. The minimum absolute atomic E-state index is 0.0438.